The molecule has 0 aliphatic rings. The average molecular weight is 344 g/mol. The molecule has 0 unspecified atom stereocenters. The van der Waals surface area contributed by atoms with E-state index in [1.807, 2.05) is 6.92 Å². The summed E-state index contributed by atoms with van der Waals surface area (Å²) in [7, 11) is 0. The van der Waals surface area contributed by atoms with Crippen LogP contribution in [0.5, 0.6) is 0 Å². The van der Waals surface area contributed by atoms with Gasteiger partial charge in [0.1, 0.15) is 11.6 Å². The fraction of sp³-hybridized carbons (Fsp3) is 0.357. The van der Waals surface area contributed by atoms with E-state index in [0.29, 0.717) is 18.4 Å². The summed E-state index contributed by atoms with van der Waals surface area (Å²) in [5, 5.41) is 3.14. The van der Waals surface area contributed by atoms with Gasteiger partial charge in [-0.3, -0.25) is 4.57 Å². The summed E-state index contributed by atoms with van der Waals surface area (Å²) in [5.41, 5.74) is 0.872. The van der Waals surface area contributed by atoms with Crippen molar-refractivity contribution in [2.24, 2.45) is 5.92 Å². The van der Waals surface area contributed by atoms with Crippen molar-refractivity contribution in [3.8, 4) is 5.69 Å². The molecule has 2 rings (SSSR count). The van der Waals surface area contributed by atoms with Crippen LogP contribution >= 0.6 is 15.9 Å². The highest BCUT2D eigenvalue weighted by Crippen LogP contribution is 2.25. The van der Waals surface area contributed by atoms with Crippen LogP contribution in [0.15, 0.2) is 22.8 Å². The fourth-order valence-corrected chi connectivity index (χ4v) is 2.11. The van der Waals surface area contributed by atoms with Gasteiger partial charge < -0.3 is 5.32 Å². The number of aromatic nitrogens is 2. The van der Waals surface area contributed by atoms with Crippen LogP contribution in [0.4, 0.5) is 14.7 Å². The van der Waals surface area contributed by atoms with Gasteiger partial charge in [0.15, 0.2) is 0 Å². The van der Waals surface area contributed by atoms with Gasteiger partial charge in [0, 0.05) is 18.8 Å². The summed E-state index contributed by atoms with van der Waals surface area (Å²) in [6.07, 6.45) is 1.68. The van der Waals surface area contributed by atoms with Gasteiger partial charge >= 0.3 is 0 Å². The maximum atomic E-state index is 14.0. The van der Waals surface area contributed by atoms with Crippen molar-refractivity contribution >= 4 is 21.9 Å². The molecule has 6 heteroatoms. The van der Waals surface area contributed by atoms with Crippen molar-refractivity contribution in [2.75, 3.05) is 11.9 Å². The van der Waals surface area contributed by atoms with Gasteiger partial charge in [-0.15, -0.1) is 0 Å². The molecular formula is C14H16BrF2N3. The molecule has 0 bridgehead atoms. The predicted octanol–water partition coefficient (Wildman–Crippen LogP) is 4.29. The Hall–Kier alpha value is -1.43. The highest BCUT2D eigenvalue weighted by Gasteiger charge is 2.14. The second kappa shape index (κ2) is 5.91. The van der Waals surface area contributed by atoms with Gasteiger partial charge in [0.25, 0.3) is 0 Å². The molecule has 0 atom stereocenters. The number of halogens is 3. The van der Waals surface area contributed by atoms with Crippen LogP contribution in [0.25, 0.3) is 5.69 Å². The van der Waals surface area contributed by atoms with E-state index in [0.717, 1.165) is 17.8 Å². The highest BCUT2D eigenvalue weighted by atomic mass is 79.9. The third-order valence-electron chi connectivity index (χ3n) is 2.74. The third kappa shape index (κ3) is 3.17. The number of hydrogen-bond donors (Lipinski definition) is 1. The van der Waals surface area contributed by atoms with E-state index >= 15 is 0 Å². The number of hydrogen-bond acceptors (Lipinski definition) is 2. The van der Waals surface area contributed by atoms with Gasteiger partial charge in [-0.25, -0.2) is 13.8 Å². The Kier molecular flexibility index (Phi) is 4.42. The summed E-state index contributed by atoms with van der Waals surface area (Å²) in [6.45, 7) is 6.64. The molecule has 0 saturated heterocycles. The SMILES string of the molecule is Cc1cn(-c2cc(F)c(Br)cc2F)c(NCC(C)C)n1. The van der Waals surface area contributed by atoms with E-state index in [1.165, 1.54) is 4.57 Å². The minimum absolute atomic E-state index is 0.104. The molecule has 1 N–H and O–H groups in total. The molecule has 2 aromatic rings. The van der Waals surface area contributed by atoms with Gasteiger partial charge in [0.05, 0.1) is 15.9 Å². The summed E-state index contributed by atoms with van der Waals surface area (Å²) >= 11 is 2.97. The Morgan fingerprint density at radius 2 is 2.00 bits per heavy atom. The van der Waals surface area contributed by atoms with Crippen molar-refractivity contribution in [1.29, 1.82) is 0 Å². The Balaban J connectivity index is 2.44. The number of nitrogens with zero attached hydrogens (tertiary/aromatic N) is 2. The molecule has 0 spiro atoms. The van der Waals surface area contributed by atoms with E-state index in [-0.39, 0.29) is 10.2 Å². The first-order valence-electron chi connectivity index (χ1n) is 6.33. The zero-order valence-electron chi connectivity index (χ0n) is 11.5. The van der Waals surface area contributed by atoms with Crippen LogP contribution in [0.1, 0.15) is 19.5 Å². The minimum Gasteiger partial charge on any atom is -0.355 e. The van der Waals surface area contributed by atoms with Crippen molar-refractivity contribution in [3.63, 3.8) is 0 Å². The van der Waals surface area contributed by atoms with Crippen LogP contribution < -0.4 is 5.32 Å². The predicted molar refractivity (Wildman–Crippen MR) is 79.2 cm³/mol. The highest BCUT2D eigenvalue weighted by molar-refractivity contribution is 9.10. The maximum absolute atomic E-state index is 14.0. The van der Waals surface area contributed by atoms with E-state index < -0.39 is 11.6 Å². The molecule has 1 heterocycles. The zero-order chi connectivity index (χ0) is 14.9. The van der Waals surface area contributed by atoms with E-state index in [1.54, 1.807) is 6.20 Å². The average Bonchev–Trinajstić information content (AvgIpc) is 2.72. The minimum atomic E-state index is -0.512. The standard InChI is InChI=1S/C14H16BrF2N3/c1-8(2)6-18-14-19-9(3)7-20(14)13-5-11(16)10(15)4-12(13)17/h4-5,7-8H,6H2,1-3H3,(H,18,19). The molecule has 20 heavy (non-hydrogen) atoms. The van der Waals surface area contributed by atoms with Crippen LogP contribution in [-0.2, 0) is 0 Å². The maximum Gasteiger partial charge on any atom is 0.207 e. The fourth-order valence-electron chi connectivity index (χ4n) is 1.80. The number of aryl methyl sites for hydroxylation is 1. The Labute approximate surface area is 125 Å². The number of nitrogens with one attached hydrogen (secondary N) is 1. The Morgan fingerprint density at radius 1 is 1.30 bits per heavy atom. The molecule has 1 aromatic carbocycles. The van der Waals surface area contributed by atoms with Crippen molar-refractivity contribution in [1.82, 2.24) is 9.55 Å². The summed E-state index contributed by atoms with van der Waals surface area (Å²) < 4.78 is 29.3. The molecule has 108 valence electrons. The summed E-state index contributed by atoms with van der Waals surface area (Å²) in [5.74, 6) is -0.0883. The molecule has 0 aliphatic heterocycles. The van der Waals surface area contributed by atoms with Gasteiger partial charge in [0.2, 0.25) is 5.95 Å². The number of rotatable bonds is 4. The van der Waals surface area contributed by atoms with Crippen molar-refractivity contribution in [3.05, 3.63) is 40.1 Å². The lowest BCUT2D eigenvalue weighted by molar-refractivity contribution is 0.587. The number of imidazole rings is 1. The summed E-state index contributed by atoms with van der Waals surface area (Å²) in [6, 6.07) is 2.27. The second-order valence-corrected chi connectivity index (χ2v) is 5.92. The lowest BCUT2D eigenvalue weighted by Crippen LogP contribution is -2.12. The van der Waals surface area contributed by atoms with Crippen molar-refractivity contribution < 1.29 is 8.78 Å². The van der Waals surface area contributed by atoms with Crippen LogP contribution in [-0.4, -0.2) is 16.1 Å². The first kappa shape index (κ1) is 15.0. The first-order valence-corrected chi connectivity index (χ1v) is 7.12. The normalized spacial score (nSPS) is 11.2. The molecule has 0 amide bonds. The van der Waals surface area contributed by atoms with Crippen molar-refractivity contribution in [2.45, 2.75) is 20.8 Å². The Bertz CT molecular complexity index is 623. The number of benzene rings is 1. The molecule has 0 radical (unpaired) electrons. The summed E-state index contributed by atoms with van der Waals surface area (Å²) in [4.78, 5) is 4.30. The van der Waals surface area contributed by atoms with Crippen LogP contribution in [0.2, 0.25) is 0 Å². The lowest BCUT2D eigenvalue weighted by Gasteiger charge is -2.12. The number of anilines is 1. The van der Waals surface area contributed by atoms with Gasteiger partial charge in [-0.2, -0.15) is 0 Å². The molecule has 0 fully saturated rings. The zero-order valence-corrected chi connectivity index (χ0v) is 13.1. The van der Waals surface area contributed by atoms with Gasteiger partial charge in [-0.05, 0) is 34.8 Å². The Morgan fingerprint density at radius 3 is 2.65 bits per heavy atom. The van der Waals surface area contributed by atoms with Gasteiger partial charge in [-0.1, -0.05) is 13.8 Å². The smallest absolute Gasteiger partial charge is 0.207 e. The lowest BCUT2D eigenvalue weighted by atomic mass is 10.2. The topological polar surface area (TPSA) is 29.9 Å². The molecule has 0 aliphatic carbocycles. The molecule has 0 saturated carbocycles. The quantitative estimate of drug-likeness (QED) is 0.839. The largest absolute Gasteiger partial charge is 0.355 e. The molecular weight excluding hydrogens is 328 g/mol. The van der Waals surface area contributed by atoms with Crippen LogP contribution in [0.3, 0.4) is 0 Å². The monoisotopic (exact) mass is 343 g/mol. The first-order chi connectivity index (χ1) is 9.38. The molecule has 3 nitrogen and oxygen atoms in total. The third-order valence-corrected chi connectivity index (χ3v) is 3.35. The second-order valence-electron chi connectivity index (χ2n) is 5.07. The van der Waals surface area contributed by atoms with E-state index in [4.69, 9.17) is 0 Å². The molecule has 1 aromatic heterocycles. The van der Waals surface area contributed by atoms with E-state index in [9.17, 15) is 8.78 Å². The van der Waals surface area contributed by atoms with Crippen LogP contribution in [0, 0.1) is 24.5 Å². The van der Waals surface area contributed by atoms with E-state index in [2.05, 4.69) is 40.1 Å².